The van der Waals surface area contributed by atoms with Crippen LogP contribution in [0.25, 0.3) is 0 Å². The normalized spacial score (nSPS) is 35.5. The van der Waals surface area contributed by atoms with Crippen LogP contribution in [-0.4, -0.2) is 48.3 Å². The van der Waals surface area contributed by atoms with Crippen molar-refractivity contribution >= 4 is 12.4 Å². The van der Waals surface area contributed by atoms with Crippen LogP contribution < -0.4 is 5.73 Å². The zero-order chi connectivity index (χ0) is 9.42. The second-order valence-corrected chi connectivity index (χ2v) is 4.16. The molecule has 3 nitrogen and oxygen atoms in total. The van der Waals surface area contributed by atoms with E-state index >= 15 is 0 Å². The van der Waals surface area contributed by atoms with Crippen molar-refractivity contribution in [2.75, 3.05) is 19.6 Å². The van der Waals surface area contributed by atoms with Gasteiger partial charge in [0.15, 0.2) is 0 Å². The molecule has 13 heavy (non-hydrogen) atoms. The van der Waals surface area contributed by atoms with Gasteiger partial charge in [0.05, 0.1) is 0 Å². The zero-order valence-electron chi connectivity index (χ0n) is 8.11. The van der Waals surface area contributed by atoms with Gasteiger partial charge in [0, 0.05) is 0 Å². The van der Waals surface area contributed by atoms with Gasteiger partial charge in [0.1, 0.15) is 0 Å². The Balaban J connectivity index is 1.98. The van der Waals surface area contributed by atoms with E-state index in [1.165, 1.54) is 0 Å². The van der Waals surface area contributed by atoms with E-state index in [0.29, 0.717) is 12.4 Å². The van der Waals surface area contributed by atoms with Gasteiger partial charge in [-0.1, -0.05) is 0 Å². The molecule has 3 N–H and O–H groups in total. The first kappa shape index (κ1) is 9.37. The monoisotopic (exact) mass is 180 g/mol. The van der Waals surface area contributed by atoms with Crippen molar-refractivity contribution in [3.05, 3.63) is 0 Å². The molecule has 2 bridgehead atoms. The van der Waals surface area contributed by atoms with E-state index in [9.17, 15) is 5.11 Å². The summed E-state index contributed by atoms with van der Waals surface area (Å²) in [6, 6.07) is 0. The molecule has 0 spiro atoms. The van der Waals surface area contributed by atoms with Crippen LogP contribution in [-0.2, 0) is 0 Å². The molecule has 1 saturated heterocycles. The van der Waals surface area contributed by atoms with Gasteiger partial charge < -0.3 is 0 Å². The molecule has 0 aromatic carbocycles. The van der Waals surface area contributed by atoms with Gasteiger partial charge in [-0.05, 0) is 0 Å². The van der Waals surface area contributed by atoms with E-state index < -0.39 is 6.23 Å². The Hall–Kier alpha value is -0.185. The summed E-state index contributed by atoms with van der Waals surface area (Å²) in [7, 11) is 0. The quantitative estimate of drug-likeness (QED) is 0.551. The minimum absolute atomic E-state index is 0.344. The number of fused-ring (bicyclic) bond motifs is 3. The summed E-state index contributed by atoms with van der Waals surface area (Å²) in [6.45, 7) is 6.91. The van der Waals surface area contributed by atoms with Crippen molar-refractivity contribution < 1.29 is 5.11 Å². The minimum atomic E-state index is -0.444. The van der Waals surface area contributed by atoms with Crippen LogP contribution in [0.15, 0.2) is 0 Å². The van der Waals surface area contributed by atoms with Crippen molar-refractivity contribution in [3.63, 3.8) is 0 Å². The Kier molecular flexibility index (Phi) is 2.54. The second kappa shape index (κ2) is 3.52. The summed E-state index contributed by atoms with van der Waals surface area (Å²) in [5.74, 6) is 1.38. The number of aliphatic hydroxyl groups excluding tert-OH is 1. The maximum absolute atomic E-state index is 9.61. The third-order valence-electron chi connectivity index (χ3n) is 3.42. The number of hydrogen-bond acceptors (Lipinski definition) is 3. The molecule has 4 heteroatoms. The van der Waals surface area contributed by atoms with Crippen LogP contribution in [0.5, 0.6) is 0 Å². The van der Waals surface area contributed by atoms with E-state index in [1.807, 2.05) is 0 Å². The molecule has 2 unspecified atom stereocenters. The molecule has 3 aliphatic heterocycles. The third-order valence-corrected chi connectivity index (χ3v) is 3.42. The summed E-state index contributed by atoms with van der Waals surface area (Å²) >= 11 is 0. The van der Waals surface area contributed by atoms with Gasteiger partial charge in [-0.3, -0.25) is 0 Å². The molecule has 3 rings (SSSR count). The van der Waals surface area contributed by atoms with Crippen LogP contribution in [0.2, 0.25) is 5.82 Å². The van der Waals surface area contributed by atoms with E-state index in [4.69, 9.17) is 5.73 Å². The number of hydrogen-bond donors (Lipinski definition) is 2. The SMILES string of the molecule is C[C@H]1C2=BC1CN(C(O)CN)CC2. The van der Waals surface area contributed by atoms with Crippen LogP contribution in [0.4, 0.5) is 0 Å². The van der Waals surface area contributed by atoms with Gasteiger partial charge in [0.25, 0.3) is 0 Å². The van der Waals surface area contributed by atoms with Crippen LogP contribution in [0.3, 0.4) is 0 Å². The Morgan fingerprint density at radius 1 is 1.77 bits per heavy atom. The fraction of sp³-hybridized carbons (Fsp3) is 0.889. The molecule has 72 valence electrons. The van der Waals surface area contributed by atoms with Crippen LogP contribution >= 0.6 is 0 Å². The molecular formula is C9H17BN2O. The second-order valence-electron chi connectivity index (χ2n) is 4.16. The van der Waals surface area contributed by atoms with Crippen LogP contribution in [0, 0.1) is 5.92 Å². The van der Waals surface area contributed by atoms with Gasteiger partial charge in [-0.2, -0.15) is 0 Å². The molecule has 0 aromatic rings. The standard InChI is InChI=1S/C9H17BN2O/c1-6-7-2-3-12(9(13)4-11)5-8(6)10-7/h6,8-9,13H,2-5,11H2,1H3/t6-,8?,9?/m0/s1. The fourth-order valence-corrected chi connectivity index (χ4v) is 2.30. The molecule has 1 fully saturated rings. The van der Waals surface area contributed by atoms with Crippen molar-refractivity contribution in [3.8, 4) is 0 Å². The molecule has 3 heterocycles. The average molecular weight is 180 g/mol. The summed E-state index contributed by atoms with van der Waals surface area (Å²) in [5.41, 5.74) is 7.01. The van der Waals surface area contributed by atoms with Gasteiger partial charge in [0.2, 0.25) is 0 Å². The topological polar surface area (TPSA) is 49.5 Å². The molecular weight excluding hydrogens is 163 g/mol. The number of aliphatic hydroxyl groups is 1. The fourth-order valence-electron chi connectivity index (χ4n) is 2.30. The molecule has 0 amide bonds. The number of rotatable bonds is 2. The zero-order valence-corrected chi connectivity index (χ0v) is 8.11. The number of nitrogens with zero attached hydrogens (tertiary/aromatic N) is 1. The molecule has 0 radical (unpaired) electrons. The molecule has 0 aromatic heterocycles. The molecule has 3 aliphatic rings. The predicted octanol–water partition coefficient (Wildman–Crippen LogP) is -0.716. The maximum atomic E-state index is 9.61. The molecule has 0 saturated carbocycles. The average Bonchev–Trinajstić information content (AvgIpc) is 2.46. The summed E-state index contributed by atoms with van der Waals surface area (Å²) in [6.07, 6.45) is 0.662. The van der Waals surface area contributed by atoms with E-state index in [1.54, 1.807) is 5.46 Å². The molecule has 0 aliphatic carbocycles. The first-order valence-corrected chi connectivity index (χ1v) is 5.05. The molecule has 3 atom stereocenters. The van der Waals surface area contributed by atoms with E-state index in [2.05, 4.69) is 18.7 Å². The van der Waals surface area contributed by atoms with Gasteiger partial charge in [-0.25, -0.2) is 0 Å². The van der Waals surface area contributed by atoms with E-state index in [-0.39, 0.29) is 0 Å². The third kappa shape index (κ3) is 1.58. The first-order chi connectivity index (χ1) is 6.22. The summed E-state index contributed by atoms with van der Waals surface area (Å²) in [5, 5.41) is 9.61. The summed E-state index contributed by atoms with van der Waals surface area (Å²) in [4.78, 5) is 2.09. The predicted molar refractivity (Wildman–Crippen MR) is 54.9 cm³/mol. The van der Waals surface area contributed by atoms with Crippen LogP contribution in [0.1, 0.15) is 13.3 Å². The summed E-state index contributed by atoms with van der Waals surface area (Å²) < 4.78 is 0. The van der Waals surface area contributed by atoms with Crippen molar-refractivity contribution in [1.29, 1.82) is 0 Å². The Morgan fingerprint density at radius 2 is 2.54 bits per heavy atom. The van der Waals surface area contributed by atoms with Crippen molar-refractivity contribution in [2.45, 2.75) is 25.4 Å². The Morgan fingerprint density at radius 3 is 3.15 bits per heavy atom. The Labute approximate surface area is 79.8 Å². The Bertz CT molecular complexity index is 232. The number of nitrogens with two attached hydrogens (primary N) is 1. The van der Waals surface area contributed by atoms with Gasteiger partial charge in [-0.15, -0.1) is 0 Å². The van der Waals surface area contributed by atoms with E-state index in [0.717, 1.165) is 25.4 Å². The first-order valence-electron chi connectivity index (χ1n) is 5.05. The van der Waals surface area contributed by atoms with Gasteiger partial charge >= 0.3 is 79.1 Å². The van der Waals surface area contributed by atoms with Crippen molar-refractivity contribution in [2.24, 2.45) is 11.7 Å². The van der Waals surface area contributed by atoms with Crippen molar-refractivity contribution in [1.82, 2.24) is 4.90 Å².